The normalized spacial score (nSPS) is 12.6. The molecule has 0 saturated heterocycles. The number of hydrogen-bond donors (Lipinski definition) is 3. The van der Waals surface area contributed by atoms with E-state index < -0.39 is 0 Å². The molecule has 4 aromatic rings. The predicted octanol–water partition coefficient (Wildman–Crippen LogP) is 4.32. The summed E-state index contributed by atoms with van der Waals surface area (Å²) in [7, 11) is 1.67. The molecule has 5 nitrogen and oxygen atoms in total. The van der Waals surface area contributed by atoms with E-state index in [1.165, 1.54) is 16.9 Å². The molecule has 4 N–H and O–H groups in total. The zero-order valence-electron chi connectivity index (χ0n) is 17.4. The molecule has 2 aromatic carbocycles. The van der Waals surface area contributed by atoms with Crippen LogP contribution in [0, 0.1) is 6.92 Å². The van der Waals surface area contributed by atoms with Gasteiger partial charge in [-0.2, -0.15) is 0 Å². The summed E-state index contributed by atoms with van der Waals surface area (Å²) in [5.41, 5.74) is 10.7. The summed E-state index contributed by atoms with van der Waals surface area (Å²) in [5, 5.41) is 11.2. The minimum absolute atomic E-state index is 0.0542. The van der Waals surface area contributed by atoms with Crippen LogP contribution in [-0.2, 0) is 6.42 Å². The van der Waals surface area contributed by atoms with Crippen molar-refractivity contribution < 1.29 is 9.84 Å². The minimum atomic E-state index is -0.0991. The number of thiophene rings is 1. The summed E-state index contributed by atoms with van der Waals surface area (Å²) in [5.74, 6) is 1.06. The van der Waals surface area contributed by atoms with Gasteiger partial charge in [0.2, 0.25) is 0 Å². The van der Waals surface area contributed by atoms with Gasteiger partial charge in [-0.05, 0) is 48.2 Å². The van der Waals surface area contributed by atoms with Crippen LogP contribution in [0.2, 0.25) is 0 Å². The standard InChI is InChI=1S/C24H26N2O3S/c1-13-10-19(29-3)20(16-6-4-15(5-7-16)14(2)12-25)21-18-11-17(8-9-27)30-23(18)24(28)26-22(13)21/h4-7,10-11,14,27H,8-9,12,25H2,1-3H3,(H,26,28)/t14-/m0/s1. The summed E-state index contributed by atoms with van der Waals surface area (Å²) < 4.78 is 6.45. The second kappa shape index (κ2) is 8.22. The van der Waals surface area contributed by atoms with Crippen molar-refractivity contribution in [1.82, 2.24) is 4.98 Å². The highest BCUT2D eigenvalue weighted by molar-refractivity contribution is 7.19. The second-order valence-electron chi connectivity index (χ2n) is 7.66. The van der Waals surface area contributed by atoms with Gasteiger partial charge in [0.05, 0.1) is 12.6 Å². The van der Waals surface area contributed by atoms with Crippen LogP contribution in [0.25, 0.3) is 32.1 Å². The summed E-state index contributed by atoms with van der Waals surface area (Å²) in [6.07, 6.45) is 0.532. The van der Waals surface area contributed by atoms with Gasteiger partial charge in [0.15, 0.2) is 0 Å². The van der Waals surface area contributed by atoms with E-state index in [4.69, 9.17) is 10.5 Å². The van der Waals surface area contributed by atoms with Crippen LogP contribution in [-0.4, -0.2) is 30.4 Å². The molecule has 0 bridgehead atoms. The zero-order chi connectivity index (χ0) is 21.4. The number of rotatable bonds is 6. The van der Waals surface area contributed by atoms with Gasteiger partial charge in [-0.3, -0.25) is 4.79 Å². The van der Waals surface area contributed by atoms with Gasteiger partial charge in [-0.25, -0.2) is 0 Å². The maximum Gasteiger partial charge on any atom is 0.266 e. The Morgan fingerprint density at radius 3 is 2.60 bits per heavy atom. The molecule has 0 amide bonds. The van der Waals surface area contributed by atoms with Gasteiger partial charge in [0.25, 0.3) is 5.56 Å². The maximum absolute atomic E-state index is 12.8. The lowest BCUT2D eigenvalue weighted by molar-refractivity contribution is 0.300. The van der Waals surface area contributed by atoms with Crippen LogP contribution in [0.3, 0.4) is 0 Å². The number of hydrogen-bond acceptors (Lipinski definition) is 5. The number of aryl methyl sites for hydroxylation is 1. The third-order valence-corrected chi connectivity index (χ3v) is 6.88. The van der Waals surface area contributed by atoms with Crippen molar-refractivity contribution in [3.8, 4) is 16.9 Å². The zero-order valence-corrected chi connectivity index (χ0v) is 18.2. The average Bonchev–Trinajstić information content (AvgIpc) is 3.18. The number of nitrogens with one attached hydrogen (secondary N) is 1. The quantitative estimate of drug-likeness (QED) is 0.432. The largest absolute Gasteiger partial charge is 0.496 e. The van der Waals surface area contributed by atoms with E-state index in [9.17, 15) is 9.90 Å². The Hall–Kier alpha value is -2.67. The number of aliphatic hydroxyl groups excluding tert-OH is 1. The summed E-state index contributed by atoms with van der Waals surface area (Å²) in [4.78, 5) is 16.8. The van der Waals surface area contributed by atoms with Crippen LogP contribution in [0.15, 0.2) is 41.2 Å². The first-order valence-corrected chi connectivity index (χ1v) is 10.9. The number of H-pyrrole nitrogens is 1. The molecule has 6 heteroatoms. The lowest BCUT2D eigenvalue weighted by Crippen LogP contribution is -2.08. The highest BCUT2D eigenvalue weighted by Gasteiger charge is 2.19. The Morgan fingerprint density at radius 2 is 1.97 bits per heavy atom. The molecule has 1 atom stereocenters. The highest BCUT2D eigenvalue weighted by atomic mass is 32.1. The van der Waals surface area contributed by atoms with E-state index in [1.807, 2.05) is 19.1 Å². The summed E-state index contributed by atoms with van der Waals surface area (Å²) in [6.45, 7) is 4.74. The van der Waals surface area contributed by atoms with Crippen molar-refractivity contribution in [2.45, 2.75) is 26.2 Å². The Bertz CT molecular complexity index is 1270. The van der Waals surface area contributed by atoms with Crippen molar-refractivity contribution in [3.05, 3.63) is 62.8 Å². The predicted molar refractivity (Wildman–Crippen MR) is 125 cm³/mol. The third-order valence-electron chi connectivity index (χ3n) is 5.69. The number of methoxy groups -OCH3 is 1. The number of fused-ring (bicyclic) bond motifs is 3. The van der Waals surface area contributed by atoms with E-state index in [0.717, 1.165) is 43.6 Å². The molecule has 0 saturated carbocycles. The molecule has 2 aromatic heterocycles. The maximum atomic E-state index is 12.8. The van der Waals surface area contributed by atoms with E-state index in [1.54, 1.807) is 7.11 Å². The Balaban J connectivity index is 2.08. The molecule has 0 aliphatic heterocycles. The first-order chi connectivity index (χ1) is 14.5. The Morgan fingerprint density at radius 1 is 1.23 bits per heavy atom. The number of pyridine rings is 1. The average molecular weight is 423 g/mol. The molecule has 0 unspecified atom stereocenters. The molecule has 0 radical (unpaired) electrons. The Labute approximate surface area is 179 Å². The van der Waals surface area contributed by atoms with Crippen LogP contribution in [0.5, 0.6) is 5.75 Å². The van der Waals surface area contributed by atoms with E-state index in [0.29, 0.717) is 17.7 Å². The molecule has 156 valence electrons. The number of ether oxygens (including phenoxy) is 1. The van der Waals surface area contributed by atoms with Gasteiger partial charge in [0, 0.05) is 34.2 Å². The van der Waals surface area contributed by atoms with E-state index in [-0.39, 0.29) is 18.1 Å². The molecule has 0 spiro atoms. The fourth-order valence-corrected chi connectivity index (χ4v) is 5.03. The first-order valence-electron chi connectivity index (χ1n) is 10.1. The molecule has 2 heterocycles. The third kappa shape index (κ3) is 3.41. The summed E-state index contributed by atoms with van der Waals surface area (Å²) in [6, 6.07) is 12.4. The van der Waals surface area contributed by atoms with Crippen molar-refractivity contribution >= 4 is 32.3 Å². The molecular weight excluding hydrogens is 396 g/mol. The fraction of sp³-hybridized carbons (Fsp3) is 0.292. The first kappa shape index (κ1) is 20.6. The van der Waals surface area contributed by atoms with Crippen molar-refractivity contribution in [2.75, 3.05) is 20.3 Å². The Kier molecular flexibility index (Phi) is 5.64. The number of nitrogens with two attached hydrogens (primary N) is 1. The lowest BCUT2D eigenvalue weighted by atomic mass is 9.92. The van der Waals surface area contributed by atoms with Crippen LogP contribution < -0.4 is 16.0 Å². The minimum Gasteiger partial charge on any atom is -0.496 e. The highest BCUT2D eigenvalue weighted by Crippen LogP contribution is 2.42. The molecule has 4 rings (SSSR count). The fourth-order valence-electron chi connectivity index (χ4n) is 3.98. The van der Waals surface area contributed by atoms with Crippen molar-refractivity contribution in [3.63, 3.8) is 0 Å². The number of aromatic amines is 1. The van der Waals surface area contributed by atoms with Crippen LogP contribution in [0.1, 0.15) is 28.8 Å². The molecular formula is C24H26N2O3S. The van der Waals surface area contributed by atoms with E-state index >= 15 is 0 Å². The topological polar surface area (TPSA) is 88.3 Å². The molecule has 0 fully saturated rings. The van der Waals surface area contributed by atoms with E-state index in [2.05, 4.69) is 36.2 Å². The van der Waals surface area contributed by atoms with Crippen LogP contribution >= 0.6 is 11.3 Å². The SMILES string of the molecule is COc1cc(C)c2[nH]c(=O)c3sc(CCO)cc3c2c1-c1ccc([C@@H](C)CN)cc1. The van der Waals surface area contributed by atoms with Gasteiger partial charge in [0.1, 0.15) is 10.4 Å². The van der Waals surface area contributed by atoms with Gasteiger partial charge in [-0.15, -0.1) is 11.3 Å². The smallest absolute Gasteiger partial charge is 0.266 e. The number of aromatic nitrogens is 1. The molecule has 0 aliphatic rings. The summed E-state index contributed by atoms with van der Waals surface area (Å²) >= 11 is 1.44. The van der Waals surface area contributed by atoms with Crippen molar-refractivity contribution in [1.29, 1.82) is 0 Å². The second-order valence-corrected chi connectivity index (χ2v) is 8.80. The number of aliphatic hydroxyl groups is 1. The van der Waals surface area contributed by atoms with Gasteiger partial charge in [-0.1, -0.05) is 31.2 Å². The van der Waals surface area contributed by atoms with Gasteiger partial charge < -0.3 is 20.6 Å². The molecule has 0 aliphatic carbocycles. The molecule has 30 heavy (non-hydrogen) atoms. The van der Waals surface area contributed by atoms with Gasteiger partial charge >= 0.3 is 0 Å². The lowest BCUT2D eigenvalue weighted by Gasteiger charge is -2.16. The monoisotopic (exact) mass is 422 g/mol. The van der Waals surface area contributed by atoms with Crippen molar-refractivity contribution in [2.24, 2.45) is 5.73 Å². The number of benzene rings is 2. The van der Waals surface area contributed by atoms with Crippen LogP contribution in [0.4, 0.5) is 0 Å².